The lowest BCUT2D eigenvalue weighted by atomic mass is 10.3. The van der Waals surface area contributed by atoms with E-state index in [1.165, 1.54) is 0 Å². The first kappa shape index (κ1) is 18.7. The van der Waals surface area contributed by atoms with Crippen LogP contribution in [0.2, 0.25) is 0 Å². The molecule has 0 unspecified atom stereocenters. The molecule has 1 aromatic rings. The second kappa shape index (κ2) is 12.3. The molecule has 0 aliphatic rings. The summed E-state index contributed by atoms with van der Waals surface area (Å²) in [6.07, 6.45) is 0. The predicted molar refractivity (Wildman–Crippen MR) is 90.9 cm³/mol. The average molecular weight is 310 g/mol. The molecule has 0 bridgehead atoms. The summed E-state index contributed by atoms with van der Waals surface area (Å²) in [7, 11) is 0. The Morgan fingerprint density at radius 1 is 0.909 bits per heavy atom. The van der Waals surface area contributed by atoms with E-state index in [2.05, 4.69) is 31.4 Å². The van der Waals surface area contributed by atoms with Crippen LogP contribution in [-0.4, -0.2) is 52.2 Å². The fourth-order valence-corrected chi connectivity index (χ4v) is 1.84. The first-order valence-corrected chi connectivity index (χ1v) is 8.08. The molecule has 0 fully saturated rings. The Kier molecular flexibility index (Phi) is 10.5. The highest BCUT2D eigenvalue weighted by Gasteiger charge is 1.97. The number of rotatable bonds is 13. The van der Waals surface area contributed by atoms with Gasteiger partial charge in [-0.25, -0.2) is 0 Å². The van der Waals surface area contributed by atoms with E-state index in [1.807, 2.05) is 24.3 Å². The van der Waals surface area contributed by atoms with Gasteiger partial charge >= 0.3 is 0 Å². The van der Waals surface area contributed by atoms with Crippen LogP contribution in [0, 0.1) is 0 Å². The molecule has 1 aromatic carbocycles. The molecule has 0 spiro atoms. The van der Waals surface area contributed by atoms with Gasteiger partial charge in [-0.05, 0) is 44.7 Å². The maximum atomic E-state index is 5.62. The van der Waals surface area contributed by atoms with Gasteiger partial charge in [0.25, 0.3) is 0 Å². The van der Waals surface area contributed by atoms with Crippen LogP contribution in [-0.2, 0) is 9.47 Å². The van der Waals surface area contributed by atoms with Crippen molar-refractivity contribution in [1.82, 2.24) is 5.32 Å². The number of benzene rings is 1. The monoisotopic (exact) mass is 310 g/mol. The second-order valence-electron chi connectivity index (χ2n) is 5.25. The molecule has 0 radical (unpaired) electrons. The van der Waals surface area contributed by atoms with E-state index in [0.717, 1.165) is 31.1 Å². The minimum absolute atomic E-state index is 0.431. The Morgan fingerprint density at radius 2 is 1.55 bits per heavy atom. The molecule has 0 heterocycles. The van der Waals surface area contributed by atoms with Crippen LogP contribution < -0.4 is 15.4 Å². The minimum Gasteiger partial charge on any atom is -0.491 e. The van der Waals surface area contributed by atoms with E-state index in [-0.39, 0.29) is 0 Å². The van der Waals surface area contributed by atoms with Crippen molar-refractivity contribution < 1.29 is 14.2 Å². The van der Waals surface area contributed by atoms with Crippen molar-refractivity contribution in [2.24, 2.45) is 0 Å². The molecule has 0 amide bonds. The van der Waals surface area contributed by atoms with E-state index in [1.54, 1.807) is 0 Å². The highest BCUT2D eigenvalue weighted by molar-refractivity contribution is 5.46. The van der Waals surface area contributed by atoms with Crippen LogP contribution in [0.15, 0.2) is 24.3 Å². The zero-order chi connectivity index (χ0) is 16.0. The highest BCUT2D eigenvalue weighted by atomic mass is 16.5. The summed E-state index contributed by atoms with van der Waals surface area (Å²) < 4.78 is 16.5. The average Bonchev–Trinajstić information content (AvgIpc) is 2.50. The van der Waals surface area contributed by atoms with Gasteiger partial charge in [0.05, 0.1) is 26.4 Å². The van der Waals surface area contributed by atoms with Gasteiger partial charge in [0.15, 0.2) is 0 Å². The second-order valence-corrected chi connectivity index (χ2v) is 5.25. The first-order chi connectivity index (χ1) is 10.7. The van der Waals surface area contributed by atoms with Crippen molar-refractivity contribution in [2.75, 3.05) is 51.4 Å². The van der Waals surface area contributed by atoms with Gasteiger partial charge in [0.1, 0.15) is 12.4 Å². The predicted octanol–water partition coefficient (Wildman–Crippen LogP) is 2.53. The van der Waals surface area contributed by atoms with Crippen LogP contribution in [0.4, 0.5) is 5.69 Å². The zero-order valence-corrected chi connectivity index (χ0v) is 14.1. The molecule has 0 saturated heterocycles. The lowest BCUT2D eigenvalue weighted by Crippen LogP contribution is -2.20. The van der Waals surface area contributed by atoms with Crippen molar-refractivity contribution in [3.05, 3.63) is 24.3 Å². The molecule has 5 nitrogen and oxygen atoms in total. The Balaban J connectivity index is 1.98. The number of nitrogens with one attached hydrogen (secondary N) is 2. The largest absolute Gasteiger partial charge is 0.491 e. The van der Waals surface area contributed by atoms with Crippen LogP contribution in [0.1, 0.15) is 20.8 Å². The molecule has 0 aromatic heterocycles. The molecular formula is C17H30N2O3. The van der Waals surface area contributed by atoms with Crippen molar-refractivity contribution >= 4 is 5.69 Å². The Morgan fingerprint density at radius 3 is 2.18 bits per heavy atom. The fourth-order valence-electron chi connectivity index (χ4n) is 1.84. The van der Waals surface area contributed by atoms with Gasteiger partial charge in [-0.2, -0.15) is 0 Å². The molecule has 0 saturated carbocycles. The molecule has 0 aliphatic heterocycles. The minimum atomic E-state index is 0.431. The Bertz CT molecular complexity index is 369. The highest BCUT2D eigenvalue weighted by Crippen LogP contribution is 2.16. The van der Waals surface area contributed by atoms with E-state index in [0.29, 0.717) is 32.5 Å². The lowest BCUT2D eigenvalue weighted by molar-refractivity contribution is 0.0374. The van der Waals surface area contributed by atoms with E-state index in [9.17, 15) is 0 Å². The summed E-state index contributed by atoms with van der Waals surface area (Å²) in [5.74, 6) is 0.861. The molecule has 0 aliphatic carbocycles. The third-order valence-electron chi connectivity index (χ3n) is 2.85. The van der Waals surface area contributed by atoms with Crippen LogP contribution in [0.5, 0.6) is 5.75 Å². The normalized spacial score (nSPS) is 10.9. The van der Waals surface area contributed by atoms with Crippen LogP contribution in [0.25, 0.3) is 0 Å². The summed E-state index contributed by atoms with van der Waals surface area (Å²) in [6.45, 7) is 11.3. The molecule has 5 heteroatoms. The Labute approximate surface area is 134 Å². The van der Waals surface area contributed by atoms with Crippen LogP contribution >= 0.6 is 0 Å². The summed E-state index contributed by atoms with van der Waals surface area (Å²) >= 11 is 0. The van der Waals surface area contributed by atoms with Gasteiger partial charge in [-0.1, -0.05) is 6.92 Å². The first-order valence-electron chi connectivity index (χ1n) is 8.08. The lowest BCUT2D eigenvalue weighted by Gasteiger charge is -2.11. The molecular weight excluding hydrogens is 280 g/mol. The fraction of sp³-hybridized carbons (Fsp3) is 0.647. The third kappa shape index (κ3) is 9.60. The van der Waals surface area contributed by atoms with Crippen molar-refractivity contribution in [2.45, 2.75) is 26.8 Å². The van der Waals surface area contributed by atoms with Gasteiger partial charge in [-0.3, -0.25) is 0 Å². The smallest absolute Gasteiger partial charge is 0.119 e. The molecule has 1 rings (SSSR count). The standard InChI is InChI=1S/C17H30N2O3/c1-4-18-9-10-20-11-12-21-13-14-22-17-7-5-16(6-8-17)19-15(2)3/h5-8,15,18-19H,4,9-14H2,1-3H3. The van der Waals surface area contributed by atoms with Crippen molar-refractivity contribution in [3.8, 4) is 5.75 Å². The van der Waals surface area contributed by atoms with E-state index >= 15 is 0 Å². The summed E-state index contributed by atoms with van der Waals surface area (Å²) in [5.41, 5.74) is 1.10. The maximum Gasteiger partial charge on any atom is 0.119 e. The SMILES string of the molecule is CCNCCOCCOCCOc1ccc(NC(C)C)cc1. The van der Waals surface area contributed by atoms with Crippen LogP contribution in [0.3, 0.4) is 0 Å². The zero-order valence-electron chi connectivity index (χ0n) is 14.1. The Hall–Kier alpha value is -1.30. The number of hydrogen-bond acceptors (Lipinski definition) is 5. The maximum absolute atomic E-state index is 5.62. The number of ether oxygens (including phenoxy) is 3. The molecule has 126 valence electrons. The van der Waals surface area contributed by atoms with Gasteiger partial charge in [0, 0.05) is 18.3 Å². The molecule has 22 heavy (non-hydrogen) atoms. The molecule has 0 atom stereocenters. The van der Waals surface area contributed by atoms with Crippen molar-refractivity contribution in [3.63, 3.8) is 0 Å². The van der Waals surface area contributed by atoms with Gasteiger partial charge in [-0.15, -0.1) is 0 Å². The van der Waals surface area contributed by atoms with Crippen molar-refractivity contribution in [1.29, 1.82) is 0 Å². The summed E-state index contributed by atoms with van der Waals surface area (Å²) in [6, 6.07) is 8.41. The summed E-state index contributed by atoms with van der Waals surface area (Å²) in [5, 5.41) is 6.54. The van der Waals surface area contributed by atoms with Gasteiger partial charge < -0.3 is 24.8 Å². The quantitative estimate of drug-likeness (QED) is 0.548. The summed E-state index contributed by atoms with van der Waals surface area (Å²) in [4.78, 5) is 0. The number of hydrogen-bond donors (Lipinski definition) is 2. The topological polar surface area (TPSA) is 51.8 Å². The number of anilines is 1. The number of likely N-dealkylation sites (N-methyl/N-ethyl adjacent to an activating group) is 1. The van der Waals surface area contributed by atoms with Gasteiger partial charge in [0.2, 0.25) is 0 Å². The van der Waals surface area contributed by atoms with E-state index in [4.69, 9.17) is 14.2 Å². The third-order valence-corrected chi connectivity index (χ3v) is 2.85. The molecule has 2 N–H and O–H groups in total. The van der Waals surface area contributed by atoms with E-state index < -0.39 is 0 Å².